The third-order valence-electron chi connectivity index (χ3n) is 2.80. The van der Waals surface area contributed by atoms with Crippen LogP contribution in [0, 0.1) is 0 Å². The minimum atomic E-state index is -1.60. The summed E-state index contributed by atoms with van der Waals surface area (Å²) in [6, 6.07) is 4.36. The molecule has 0 saturated carbocycles. The van der Waals surface area contributed by atoms with E-state index in [1.807, 2.05) is 5.32 Å². The van der Waals surface area contributed by atoms with Gasteiger partial charge in [-0.1, -0.05) is 23.2 Å². The number of benzene rings is 1. The summed E-state index contributed by atoms with van der Waals surface area (Å²) >= 11 is 11.7. The maximum atomic E-state index is 12.1. The molecule has 8 heteroatoms. The monoisotopic (exact) mass is 317 g/mol. The average molecular weight is 318 g/mol. The first-order chi connectivity index (χ1) is 9.24. The van der Waals surface area contributed by atoms with Crippen LogP contribution in [0.1, 0.15) is 12.5 Å². The largest absolute Gasteiger partial charge is 0.501 e. The summed E-state index contributed by atoms with van der Waals surface area (Å²) in [6.45, 7) is 1.38. The van der Waals surface area contributed by atoms with Crippen LogP contribution in [0.25, 0.3) is 0 Å². The van der Waals surface area contributed by atoms with Crippen LogP contribution in [0.4, 0.5) is 4.79 Å². The van der Waals surface area contributed by atoms with Crippen molar-refractivity contribution >= 4 is 35.1 Å². The number of carboxylic acid groups (broad SMARTS) is 1. The van der Waals surface area contributed by atoms with Crippen molar-refractivity contribution in [3.8, 4) is 0 Å². The topological polar surface area (TPSA) is 95.9 Å². The first kappa shape index (κ1) is 14.5. The number of hydrogen-bond donors (Lipinski definition) is 3. The number of nitrogens with one attached hydrogen (secondary N) is 1. The number of halogens is 2. The van der Waals surface area contributed by atoms with Crippen molar-refractivity contribution in [2.45, 2.75) is 12.5 Å². The molecule has 1 heterocycles. The number of Topliss-reactive ketones (excluding diaryl/α,β-unsaturated/α-hetero) is 1. The lowest BCUT2D eigenvalue weighted by Crippen LogP contribution is -2.32. The number of aliphatic hydroxyl groups is 1. The number of aliphatic hydroxyl groups excluding tert-OH is 1. The third-order valence-corrected chi connectivity index (χ3v) is 3.24. The van der Waals surface area contributed by atoms with E-state index in [0.717, 1.165) is 0 Å². The molecular formula is C12H9Cl2NO5. The first-order valence-corrected chi connectivity index (χ1v) is 6.13. The molecule has 1 aliphatic rings. The highest BCUT2D eigenvalue weighted by atomic mass is 35.5. The summed E-state index contributed by atoms with van der Waals surface area (Å²) in [5.74, 6) is -2.12. The van der Waals surface area contributed by atoms with Gasteiger partial charge in [0, 0.05) is 15.6 Å². The summed E-state index contributed by atoms with van der Waals surface area (Å²) in [7, 11) is 0. The highest BCUT2D eigenvalue weighted by Gasteiger charge is 2.48. The van der Waals surface area contributed by atoms with Crippen molar-refractivity contribution in [2.24, 2.45) is 0 Å². The molecule has 3 N–H and O–H groups in total. The fourth-order valence-corrected chi connectivity index (χ4v) is 2.36. The van der Waals surface area contributed by atoms with E-state index in [0.29, 0.717) is 5.56 Å². The third kappa shape index (κ3) is 2.39. The van der Waals surface area contributed by atoms with Crippen molar-refractivity contribution in [3.63, 3.8) is 0 Å². The molecule has 0 spiro atoms. The van der Waals surface area contributed by atoms with Gasteiger partial charge in [0.2, 0.25) is 11.6 Å². The molecular weight excluding hydrogens is 309 g/mol. The van der Waals surface area contributed by atoms with E-state index in [4.69, 9.17) is 33.0 Å². The maximum Gasteiger partial charge on any atom is 0.411 e. The summed E-state index contributed by atoms with van der Waals surface area (Å²) < 4.78 is 5.25. The van der Waals surface area contributed by atoms with Crippen LogP contribution in [0.3, 0.4) is 0 Å². The second kappa shape index (κ2) is 4.88. The Bertz CT molecular complexity index is 622. The van der Waals surface area contributed by atoms with Crippen molar-refractivity contribution in [1.82, 2.24) is 5.32 Å². The molecule has 0 fully saturated rings. The van der Waals surface area contributed by atoms with Gasteiger partial charge in [-0.2, -0.15) is 0 Å². The van der Waals surface area contributed by atoms with Crippen molar-refractivity contribution in [2.75, 3.05) is 0 Å². The molecule has 1 atom stereocenters. The van der Waals surface area contributed by atoms with Crippen LogP contribution in [-0.4, -0.2) is 22.1 Å². The van der Waals surface area contributed by atoms with Crippen molar-refractivity contribution in [1.29, 1.82) is 0 Å². The summed E-state index contributed by atoms with van der Waals surface area (Å²) in [6.07, 6.45) is -1.47. The molecule has 0 aromatic heterocycles. The predicted molar refractivity (Wildman–Crippen MR) is 70.7 cm³/mol. The van der Waals surface area contributed by atoms with Gasteiger partial charge in [0.25, 0.3) is 5.78 Å². The van der Waals surface area contributed by atoms with Crippen LogP contribution in [0.5, 0.6) is 0 Å². The lowest BCUT2D eigenvalue weighted by Gasteiger charge is -2.23. The van der Waals surface area contributed by atoms with Gasteiger partial charge in [-0.25, -0.2) is 4.79 Å². The van der Waals surface area contributed by atoms with E-state index in [-0.39, 0.29) is 10.0 Å². The molecule has 1 unspecified atom stereocenters. The van der Waals surface area contributed by atoms with E-state index >= 15 is 0 Å². The molecule has 1 aromatic carbocycles. The zero-order chi connectivity index (χ0) is 15.1. The Labute approximate surface area is 123 Å². The number of ether oxygens (including phenoxy) is 1. The standard InChI is InChI=1S/C12H9Cl2NO5/c1-12(5-2-6(13)4-7(14)3-5)9(17)8(16)10(20-12)15-11(18)19/h2-4,15-16H,1H3,(H,18,19). The van der Waals surface area contributed by atoms with Crippen LogP contribution >= 0.6 is 23.2 Å². The van der Waals surface area contributed by atoms with E-state index in [1.165, 1.54) is 25.1 Å². The molecule has 1 amide bonds. The molecule has 0 aliphatic carbocycles. The minimum Gasteiger partial charge on any atom is -0.501 e. The zero-order valence-electron chi connectivity index (χ0n) is 10.1. The fourth-order valence-electron chi connectivity index (χ4n) is 1.83. The lowest BCUT2D eigenvalue weighted by atomic mass is 9.92. The van der Waals surface area contributed by atoms with Crippen molar-refractivity contribution in [3.05, 3.63) is 45.5 Å². The number of ketones is 1. The number of carbonyl (C=O) groups excluding carboxylic acids is 1. The summed E-state index contributed by atoms with van der Waals surface area (Å²) in [5, 5.41) is 20.6. The van der Waals surface area contributed by atoms with Gasteiger partial charge in [-0.15, -0.1) is 0 Å². The molecule has 1 aliphatic heterocycles. The molecule has 0 saturated heterocycles. The molecule has 0 radical (unpaired) electrons. The Morgan fingerprint density at radius 3 is 2.35 bits per heavy atom. The highest BCUT2D eigenvalue weighted by Crippen LogP contribution is 2.38. The predicted octanol–water partition coefficient (Wildman–Crippen LogP) is 2.80. The SMILES string of the molecule is CC1(c2cc(Cl)cc(Cl)c2)OC(NC(=O)O)=C(O)C1=O. The Hall–Kier alpha value is -1.92. The van der Waals surface area contributed by atoms with Gasteiger partial charge in [-0.05, 0) is 25.1 Å². The number of carbonyl (C=O) groups is 2. The number of amides is 1. The van der Waals surface area contributed by atoms with Gasteiger partial charge >= 0.3 is 6.09 Å². The van der Waals surface area contributed by atoms with Gasteiger partial charge in [0.05, 0.1) is 0 Å². The van der Waals surface area contributed by atoms with Gasteiger partial charge in [0.15, 0.2) is 5.60 Å². The van der Waals surface area contributed by atoms with Gasteiger partial charge in [-0.3, -0.25) is 10.1 Å². The fraction of sp³-hybridized carbons (Fsp3) is 0.167. The minimum absolute atomic E-state index is 0.282. The zero-order valence-corrected chi connectivity index (χ0v) is 11.6. The van der Waals surface area contributed by atoms with E-state index in [2.05, 4.69) is 0 Å². The molecule has 6 nitrogen and oxygen atoms in total. The van der Waals surface area contributed by atoms with Crippen LogP contribution in [-0.2, 0) is 15.1 Å². The molecule has 0 bridgehead atoms. The van der Waals surface area contributed by atoms with Crippen molar-refractivity contribution < 1.29 is 24.5 Å². The smallest absolute Gasteiger partial charge is 0.411 e. The van der Waals surface area contributed by atoms with Crippen LogP contribution in [0.15, 0.2) is 29.8 Å². The lowest BCUT2D eigenvalue weighted by molar-refractivity contribution is -0.131. The molecule has 2 rings (SSSR count). The van der Waals surface area contributed by atoms with E-state index in [1.54, 1.807) is 0 Å². The Kier molecular flexibility index (Phi) is 3.54. The molecule has 1 aromatic rings. The van der Waals surface area contributed by atoms with Crippen LogP contribution < -0.4 is 5.32 Å². The molecule has 106 valence electrons. The number of hydrogen-bond acceptors (Lipinski definition) is 4. The maximum absolute atomic E-state index is 12.1. The van der Waals surface area contributed by atoms with E-state index in [9.17, 15) is 14.7 Å². The van der Waals surface area contributed by atoms with Crippen LogP contribution in [0.2, 0.25) is 10.0 Å². The van der Waals surface area contributed by atoms with Gasteiger partial charge in [0.1, 0.15) is 0 Å². The second-order valence-electron chi connectivity index (χ2n) is 4.23. The summed E-state index contributed by atoms with van der Waals surface area (Å²) in [5.41, 5.74) is -1.30. The van der Waals surface area contributed by atoms with Gasteiger partial charge < -0.3 is 14.9 Å². The summed E-state index contributed by atoms with van der Waals surface area (Å²) in [4.78, 5) is 22.7. The highest BCUT2D eigenvalue weighted by molar-refractivity contribution is 6.34. The first-order valence-electron chi connectivity index (χ1n) is 5.37. The Morgan fingerprint density at radius 1 is 1.30 bits per heavy atom. The Balaban J connectivity index is 2.43. The average Bonchev–Trinajstić information content (AvgIpc) is 2.53. The quantitative estimate of drug-likeness (QED) is 0.779. The second-order valence-corrected chi connectivity index (χ2v) is 5.10. The Morgan fingerprint density at radius 2 is 1.85 bits per heavy atom. The number of rotatable bonds is 2. The molecule has 20 heavy (non-hydrogen) atoms. The van der Waals surface area contributed by atoms with E-state index < -0.39 is 29.1 Å². The normalized spacial score (nSPS) is 21.9.